The number of alkyl halides is 3. The standard InChI is InChI=1S/C15H16F3NO2/c1-3-9-19-13(10-14(20)21-4-2)11-5-7-12(8-6-11)15(16,17)18/h3,5-8,10,19H,1,4,9H2,2H3/b13-10-. The van der Waals surface area contributed by atoms with E-state index in [1.165, 1.54) is 18.2 Å². The molecule has 3 nitrogen and oxygen atoms in total. The number of carbonyl (C=O) groups is 1. The van der Waals surface area contributed by atoms with Crippen LogP contribution in [0.15, 0.2) is 43.0 Å². The summed E-state index contributed by atoms with van der Waals surface area (Å²) in [6.45, 7) is 5.79. The molecule has 1 rings (SSSR count). The lowest BCUT2D eigenvalue weighted by molar-refractivity contribution is -0.138. The highest BCUT2D eigenvalue weighted by Gasteiger charge is 2.30. The van der Waals surface area contributed by atoms with Gasteiger partial charge in [0.15, 0.2) is 0 Å². The zero-order valence-electron chi connectivity index (χ0n) is 11.5. The lowest BCUT2D eigenvalue weighted by Gasteiger charge is -2.11. The second-order valence-electron chi connectivity index (χ2n) is 4.05. The van der Waals surface area contributed by atoms with Crippen LogP contribution in [-0.2, 0) is 15.7 Å². The maximum atomic E-state index is 12.5. The average molecular weight is 299 g/mol. The van der Waals surface area contributed by atoms with Crippen LogP contribution in [-0.4, -0.2) is 19.1 Å². The zero-order valence-corrected chi connectivity index (χ0v) is 11.5. The molecule has 0 spiro atoms. The number of hydrogen-bond acceptors (Lipinski definition) is 3. The SMILES string of the molecule is C=CCN/C(=C\C(=O)OCC)c1ccc(C(F)(F)F)cc1. The molecule has 0 amide bonds. The quantitative estimate of drug-likeness (QED) is 0.497. The van der Waals surface area contributed by atoms with Crippen LogP contribution in [0.4, 0.5) is 13.2 Å². The van der Waals surface area contributed by atoms with Gasteiger partial charge in [0, 0.05) is 18.3 Å². The lowest BCUT2D eigenvalue weighted by atomic mass is 10.1. The van der Waals surface area contributed by atoms with Gasteiger partial charge in [-0.3, -0.25) is 0 Å². The first-order valence-corrected chi connectivity index (χ1v) is 6.29. The Morgan fingerprint density at radius 2 is 1.95 bits per heavy atom. The van der Waals surface area contributed by atoms with Crippen LogP contribution in [0.1, 0.15) is 18.1 Å². The van der Waals surface area contributed by atoms with Gasteiger partial charge in [0.05, 0.1) is 12.2 Å². The molecule has 0 aliphatic heterocycles. The van der Waals surface area contributed by atoms with Crippen molar-refractivity contribution in [1.29, 1.82) is 0 Å². The Hall–Kier alpha value is -2.24. The Balaban J connectivity index is 3.03. The van der Waals surface area contributed by atoms with E-state index < -0.39 is 17.7 Å². The number of ether oxygens (including phenoxy) is 1. The molecule has 1 N–H and O–H groups in total. The fourth-order valence-electron chi connectivity index (χ4n) is 1.56. The van der Waals surface area contributed by atoms with E-state index in [9.17, 15) is 18.0 Å². The number of nitrogens with one attached hydrogen (secondary N) is 1. The van der Waals surface area contributed by atoms with Crippen molar-refractivity contribution in [3.63, 3.8) is 0 Å². The normalized spacial score (nSPS) is 11.9. The molecule has 0 fully saturated rings. The summed E-state index contributed by atoms with van der Waals surface area (Å²) in [4.78, 5) is 11.5. The molecule has 21 heavy (non-hydrogen) atoms. The Bertz CT molecular complexity index is 519. The van der Waals surface area contributed by atoms with Gasteiger partial charge in [-0.1, -0.05) is 18.2 Å². The second kappa shape index (κ2) is 7.52. The number of hydrogen-bond donors (Lipinski definition) is 1. The fraction of sp³-hybridized carbons (Fsp3) is 0.267. The third-order valence-corrected chi connectivity index (χ3v) is 2.51. The Labute approximate surface area is 121 Å². The van der Waals surface area contributed by atoms with Crippen molar-refractivity contribution in [2.45, 2.75) is 13.1 Å². The number of halogens is 3. The summed E-state index contributed by atoms with van der Waals surface area (Å²) in [6.07, 6.45) is -1.61. The number of esters is 1. The van der Waals surface area contributed by atoms with Crippen LogP contribution in [0.2, 0.25) is 0 Å². The van der Waals surface area contributed by atoms with E-state index in [1.807, 2.05) is 0 Å². The van der Waals surface area contributed by atoms with Gasteiger partial charge in [0.2, 0.25) is 0 Å². The Kier molecular flexibility index (Phi) is 6.02. The van der Waals surface area contributed by atoms with Crippen molar-refractivity contribution >= 4 is 11.7 Å². The van der Waals surface area contributed by atoms with Gasteiger partial charge in [-0.25, -0.2) is 4.79 Å². The highest BCUT2D eigenvalue weighted by atomic mass is 19.4. The minimum absolute atomic E-state index is 0.219. The molecule has 0 aromatic heterocycles. The van der Waals surface area contributed by atoms with Crippen molar-refractivity contribution in [1.82, 2.24) is 5.32 Å². The van der Waals surface area contributed by atoms with Crippen LogP contribution < -0.4 is 5.32 Å². The molecule has 0 radical (unpaired) electrons. The summed E-state index contributed by atoms with van der Waals surface area (Å²) in [7, 11) is 0. The van der Waals surface area contributed by atoms with E-state index in [4.69, 9.17) is 4.74 Å². The van der Waals surface area contributed by atoms with Crippen molar-refractivity contribution in [3.8, 4) is 0 Å². The topological polar surface area (TPSA) is 38.3 Å². The van der Waals surface area contributed by atoms with Crippen LogP contribution >= 0.6 is 0 Å². The van der Waals surface area contributed by atoms with Gasteiger partial charge in [-0.15, -0.1) is 6.58 Å². The van der Waals surface area contributed by atoms with E-state index >= 15 is 0 Å². The molecule has 1 aromatic carbocycles. The maximum Gasteiger partial charge on any atom is 0.416 e. The average Bonchev–Trinajstić information content (AvgIpc) is 2.43. The van der Waals surface area contributed by atoms with Crippen molar-refractivity contribution < 1.29 is 22.7 Å². The van der Waals surface area contributed by atoms with Crippen LogP contribution in [0, 0.1) is 0 Å². The van der Waals surface area contributed by atoms with E-state index in [1.54, 1.807) is 13.0 Å². The maximum absolute atomic E-state index is 12.5. The largest absolute Gasteiger partial charge is 0.463 e. The Morgan fingerprint density at radius 1 is 1.33 bits per heavy atom. The van der Waals surface area contributed by atoms with Gasteiger partial charge < -0.3 is 10.1 Å². The first-order chi connectivity index (χ1) is 9.88. The van der Waals surface area contributed by atoms with Gasteiger partial charge in [-0.05, 0) is 24.6 Å². The zero-order chi connectivity index (χ0) is 15.9. The molecule has 0 aliphatic rings. The highest BCUT2D eigenvalue weighted by Crippen LogP contribution is 2.29. The summed E-state index contributed by atoms with van der Waals surface area (Å²) in [5.41, 5.74) is 0.0884. The van der Waals surface area contributed by atoms with E-state index in [2.05, 4.69) is 11.9 Å². The van der Waals surface area contributed by atoms with E-state index in [0.717, 1.165) is 12.1 Å². The summed E-state index contributed by atoms with van der Waals surface area (Å²) in [5.74, 6) is -0.566. The van der Waals surface area contributed by atoms with Gasteiger partial charge in [-0.2, -0.15) is 13.2 Å². The van der Waals surface area contributed by atoms with Crippen LogP contribution in [0.25, 0.3) is 5.70 Å². The molecule has 0 bridgehead atoms. The molecular formula is C15H16F3NO2. The van der Waals surface area contributed by atoms with Crippen LogP contribution in [0.5, 0.6) is 0 Å². The summed E-state index contributed by atoms with van der Waals surface area (Å²) >= 11 is 0. The first kappa shape index (κ1) is 16.8. The summed E-state index contributed by atoms with van der Waals surface area (Å²) in [6, 6.07) is 4.52. The molecule has 0 atom stereocenters. The van der Waals surface area contributed by atoms with Gasteiger partial charge in [0.25, 0.3) is 0 Å². The molecule has 1 aromatic rings. The van der Waals surface area contributed by atoms with E-state index in [0.29, 0.717) is 17.8 Å². The fourth-order valence-corrected chi connectivity index (χ4v) is 1.56. The minimum atomic E-state index is -4.39. The lowest BCUT2D eigenvalue weighted by Crippen LogP contribution is -2.14. The summed E-state index contributed by atoms with van der Waals surface area (Å²) in [5, 5.41) is 2.89. The smallest absolute Gasteiger partial charge is 0.416 e. The third-order valence-electron chi connectivity index (χ3n) is 2.51. The van der Waals surface area contributed by atoms with Crippen molar-refractivity contribution in [2.24, 2.45) is 0 Å². The van der Waals surface area contributed by atoms with Crippen LogP contribution in [0.3, 0.4) is 0 Å². The molecule has 0 aliphatic carbocycles. The van der Waals surface area contributed by atoms with Gasteiger partial charge in [0.1, 0.15) is 0 Å². The molecule has 0 saturated carbocycles. The first-order valence-electron chi connectivity index (χ1n) is 6.29. The van der Waals surface area contributed by atoms with Gasteiger partial charge >= 0.3 is 12.1 Å². The summed E-state index contributed by atoms with van der Waals surface area (Å²) < 4.78 is 42.3. The predicted molar refractivity (Wildman–Crippen MR) is 74.3 cm³/mol. The molecule has 0 saturated heterocycles. The Morgan fingerprint density at radius 3 is 2.43 bits per heavy atom. The monoisotopic (exact) mass is 299 g/mol. The molecule has 114 valence electrons. The van der Waals surface area contributed by atoms with Crippen molar-refractivity contribution in [2.75, 3.05) is 13.2 Å². The molecule has 6 heteroatoms. The third kappa shape index (κ3) is 5.33. The highest BCUT2D eigenvalue weighted by molar-refractivity contribution is 5.90. The number of benzene rings is 1. The minimum Gasteiger partial charge on any atom is -0.463 e. The predicted octanol–water partition coefficient (Wildman–Crippen LogP) is 3.39. The molecular weight excluding hydrogens is 283 g/mol. The van der Waals surface area contributed by atoms with Crippen molar-refractivity contribution in [3.05, 3.63) is 54.1 Å². The molecule has 0 unspecified atom stereocenters. The number of carbonyl (C=O) groups excluding carboxylic acids is 1. The van der Waals surface area contributed by atoms with E-state index in [-0.39, 0.29) is 6.61 Å². The molecule has 0 heterocycles. The number of rotatable bonds is 6. The second-order valence-corrected chi connectivity index (χ2v) is 4.05.